The van der Waals surface area contributed by atoms with Gasteiger partial charge in [-0.1, -0.05) is 18.4 Å². The van der Waals surface area contributed by atoms with E-state index in [9.17, 15) is 11.3 Å². The zero-order valence-electron chi connectivity index (χ0n) is 18.9. The summed E-state index contributed by atoms with van der Waals surface area (Å²) in [5, 5.41) is 11.0. The molecule has 1 N–H and O–H groups in total. The standard InChI is InChI=1S/C20H26O2/c1-3-20(22)11-9-18-17-6-4-13-12-14(21)5-7-15(13)16(17)8-10-19(18,20)2/h1,12,15-18,22H,4-11H2,2H3/t15-,16?,17?,18?,19-,20-/m0/s1/i4D2,5D2,12D,15D. The third-order valence-corrected chi connectivity index (χ3v) is 6.79. The lowest BCUT2D eigenvalue weighted by Gasteiger charge is -2.54. The number of hydrogen-bond acceptors (Lipinski definition) is 2. The summed E-state index contributed by atoms with van der Waals surface area (Å²) in [6.07, 6.45) is 3.10. The van der Waals surface area contributed by atoms with E-state index in [2.05, 4.69) is 5.92 Å². The van der Waals surface area contributed by atoms with Crippen LogP contribution >= 0.6 is 0 Å². The van der Waals surface area contributed by atoms with Crippen LogP contribution in [0.4, 0.5) is 0 Å². The summed E-state index contributed by atoms with van der Waals surface area (Å²) < 4.78 is 50.7. The van der Waals surface area contributed by atoms with Crippen LogP contribution < -0.4 is 0 Å². The molecule has 4 rings (SSSR count). The molecule has 0 heterocycles. The number of terminal acetylenes is 1. The molecule has 0 bridgehead atoms. The minimum Gasteiger partial charge on any atom is -0.377 e. The van der Waals surface area contributed by atoms with Crippen molar-refractivity contribution < 1.29 is 18.1 Å². The van der Waals surface area contributed by atoms with Crippen molar-refractivity contribution >= 4 is 5.78 Å². The number of rotatable bonds is 0. The van der Waals surface area contributed by atoms with Crippen LogP contribution in [0, 0.1) is 41.4 Å². The summed E-state index contributed by atoms with van der Waals surface area (Å²) in [6.45, 7) is 1.96. The third kappa shape index (κ3) is 1.75. The molecule has 118 valence electrons. The quantitative estimate of drug-likeness (QED) is 0.696. The number of ketones is 1. The first kappa shape index (κ1) is 9.28. The van der Waals surface area contributed by atoms with Crippen LogP contribution in [0.5, 0.6) is 0 Å². The van der Waals surface area contributed by atoms with Gasteiger partial charge in [0.1, 0.15) is 5.60 Å². The molecule has 0 radical (unpaired) electrons. The molecule has 3 unspecified atom stereocenters. The molecule has 3 fully saturated rings. The zero-order chi connectivity index (χ0) is 20.9. The SMILES string of the molecule is [2H]C1=C2C([2H])([2H])CC3C(CC[C@@]4(C)C3CC[C@@]4(O)C#C)[C@@]2([2H])CC([2H])([2H])C1=O. The van der Waals surface area contributed by atoms with Crippen LogP contribution in [0.25, 0.3) is 0 Å². The minimum absolute atomic E-state index is 0.0659. The van der Waals surface area contributed by atoms with Crippen LogP contribution in [-0.2, 0) is 4.79 Å². The normalized spacial score (nSPS) is 62.8. The van der Waals surface area contributed by atoms with Crippen molar-refractivity contribution in [3.05, 3.63) is 11.6 Å². The van der Waals surface area contributed by atoms with E-state index in [1.807, 2.05) is 6.92 Å². The molecule has 22 heavy (non-hydrogen) atoms. The number of hydrogen-bond donors (Lipinski definition) is 1. The predicted octanol–water partition coefficient (Wildman–Crippen LogP) is 3.49. The van der Waals surface area contributed by atoms with Gasteiger partial charge >= 0.3 is 0 Å². The van der Waals surface area contributed by atoms with Crippen LogP contribution in [0.1, 0.15) is 66.4 Å². The van der Waals surface area contributed by atoms with E-state index in [1.165, 1.54) is 0 Å². The van der Waals surface area contributed by atoms with Crippen molar-refractivity contribution in [2.45, 2.75) is 63.8 Å². The third-order valence-electron chi connectivity index (χ3n) is 6.79. The summed E-state index contributed by atoms with van der Waals surface area (Å²) in [7, 11) is 0. The van der Waals surface area contributed by atoms with E-state index in [1.54, 1.807) is 0 Å². The van der Waals surface area contributed by atoms with E-state index in [0.29, 0.717) is 25.7 Å². The minimum atomic E-state index is -2.34. The van der Waals surface area contributed by atoms with Crippen molar-refractivity contribution in [3.8, 4) is 12.3 Å². The lowest BCUT2D eigenvalue weighted by Crippen LogP contribution is -2.52. The molecule has 0 spiro atoms. The highest BCUT2D eigenvalue weighted by Crippen LogP contribution is 2.64. The predicted molar refractivity (Wildman–Crippen MR) is 85.9 cm³/mol. The monoisotopic (exact) mass is 304 g/mol. The van der Waals surface area contributed by atoms with Gasteiger partial charge in [0.05, 0.1) is 1.37 Å². The first-order valence-corrected chi connectivity index (χ1v) is 8.20. The molecule has 4 aliphatic carbocycles. The van der Waals surface area contributed by atoms with Crippen molar-refractivity contribution in [2.24, 2.45) is 29.1 Å². The fourth-order valence-corrected chi connectivity index (χ4v) is 5.45. The first-order chi connectivity index (χ1) is 12.7. The van der Waals surface area contributed by atoms with Gasteiger partial charge in [0.25, 0.3) is 0 Å². The van der Waals surface area contributed by atoms with E-state index in [4.69, 9.17) is 13.3 Å². The second-order valence-electron chi connectivity index (χ2n) is 7.47. The molecule has 0 saturated heterocycles. The molecule has 2 nitrogen and oxygen atoms in total. The van der Waals surface area contributed by atoms with Crippen molar-refractivity contribution in [1.29, 1.82) is 0 Å². The first-order valence-electron chi connectivity index (χ1n) is 11.2. The second kappa shape index (κ2) is 4.71. The molecule has 2 heteroatoms. The summed E-state index contributed by atoms with van der Waals surface area (Å²) in [6, 6.07) is -0.658. The largest absolute Gasteiger partial charge is 0.377 e. The van der Waals surface area contributed by atoms with Crippen molar-refractivity contribution in [2.75, 3.05) is 0 Å². The molecule has 0 aliphatic heterocycles. The Kier molecular flexibility index (Phi) is 1.99. The van der Waals surface area contributed by atoms with Crippen LogP contribution in [-0.4, -0.2) is 16.5 Å². The average Bonchev–Trinajstić information content (AvgIpc) is 2.84. The van der Waals surface area contributed by atoms with E-state index in [0.717, 1.165) is 0 Å². The van der Waals surface area contributed by atoms with Crippen molar-refractivity contribution in [3.63, 3.8) is 0 Å². The van der Waals surface area contributed by atoms with Crippen molar-refractivity contribution in [1.82, 2.24) is 0 Å². The summed E-state index contributed by atoms with van der Waals surface area (Å²) in [5.41, 5.74) is -1.96. The molecule has 3 saturated carbocycles. The second-order valence-corrected chi connectivity index (χ2v) is 7.47. The van der Waals surface area contributed by atoms with Gasteiger partial charge in [-0.15, -0.1) is 6.42 Å². The molecular weight excluding hydrogens is 272 g/mol. The highest BCUT2D eigenvalue weighted by atomic mass is 16.3. The van der Waals surface area contributed by atoms with Gasteiger partial charge in [0.2, 0.25) is 0 Å². The van der Waals surface area contributed by atoms with E-state index < -0.39 is 47.9 Å². The lowest BCUT2D eigenvalue weighted by molar-refractivity contribution is -0.116. The fraction of sp³-hybridized carbons (Fsp3) is 0.750. The zero-order valence-corrected chi connectivity index (χ0v) is 12.9. The highest BCUT2D eigenvalue weighted by molar-refractivity contribution is 5.91. The maximum Gasteiger partial charge on any atom is 0.155 e. The Hall–Kier alpha value is -1.07. The Morgan fingerprint density at radius 1 is 1.36 bits per heavy atom. The Morgan fingerprint density at radius 2 is 2.18 bits per heavy atom. The van der Waals surface area contributed by atoms with Crippen LogP contribution in [0.15, 0.2) is 11.6 Å². The van der Waals surface area contributed by atoms with Crippen LogP contribution in [0.2, 0.25) is 0 Å². The number of carbonyl (C=O) groups excluding carboxylic acids is 1. The van der Waals surface area contributed by atoms with E-state index >= 15 is 0 Å². The number of allylic oxidation sites excluding steroid dienone is 1. The van der Waals surface area contributed by atoms with Crippen LogP contribution in [0.3, 0.4) is 0 Å². The molecule has 0 aromatic heterocycles. The Balaban J connectivity index is 1.85. The molecule has 4 aliphatic rings. The number of aliphatic hydroxyl groups is 1. The molecule has 0 aromatic rings. The highest BCUT2D eigenvalue weighted by Gasteiger charge is 2.61. The summed E-state index contributed by atoms with van der Waals surface area (Å²) in [5.74, 6) is -0.746. The maximum atomic E-state index is 12.3. The average molecular weight is 304 g/mol. The Bertz CT molecular complexity index is 829. The van der Waals surface area contributed by atoms with E-state index in [-0.39, 0.29) is 29.7 Å². The van der Waals surface area contributed by atoms with Gasteiger partial charge in [-0.05, 0) is 74.6 Å². The molecule has 6 atom stereocenters. The number of carbonyl (C=O) groups is 1. The topological polar surface area (TPSA) is 37.3 Å². The lowest BCUT2D eigenvalue weighted by atomic mass is 9.50. The molecule has 0 aromatic carbocycles. The maximum absolute atomic E-state index is 12.3. The summed E-state index contributed by atoms with van der Waals surface area (Å²) in [4.78, 5) is 12.3. The molecule has 0 amide bonds. The summed E-state index contributed by atoms with van der Waals surface area (Å²) >= 11 is 0. The number of fused-ring (bicyclic) bond motifs is 5. The van der Waals surface area contributed by atoms with Gasteiger partial charge in [-0.25, -0.2) is 0 Å². The Labute approximate surface area is 141 Å². The van der Waals surface area contributed by atoms with Gasteiger partial charge < -0.3 is 5.11 Å². The van der Waals surface area contributed by atoms with Gasteiger partial charge in [-0.2, -0.15) is 0 Å². The van der Waals surface area contributed by atoms with Gasteiger partial charge in [0, 0.05) is 18.6 Å². The fourth-order valence-electron chi connectivity index (χ4n) is 5.45. The van der Waals surface area contributed by atoms with Gasteiger partial charge in [0.15, 0.2) is 5.78 Å². The van der Waals surface area contributed by atoms with Gasteiger partial charge in [-0.3, -0.25) is 4.79 Å². The molecular formula is C20H26O2. The smallest absolute Gasteiger partial charge is 0.155 e. The Morgan fingerprint density at radius 3 is 2.95 bits per heavy atom.